The summed E-state index contributed by atoms with van der Waals surface area (Å²) in [5, 5.41) is 5.87. The zero-order valence-electron chi connectivity index (χ0n) is 14.2. The second-order valence-electron chi connectivity index (χ2n) is 6.40. The van der Waals surface area contributed by atoms with E-state index in [4.69, 9.17) is 4.52 Å². The van der Waals surface area contributed by atoms with E-state index in [1.807, 2.05) is 28.5 Å². The molecular formula is C18H19N5O2S. The number of piperidine rings is 1. The van der Waals surface area contributed by atoms with Crippen molar-refractivity contribution in [2.24, 2.45) is 5.92 Å². The number of rotatable bonds is 5. The van der Waals surface area contributed by atoms with Crippen molar-refractivity contribution in [2.45, 2.75) is 25.7 Å². The highest BCUT2D eigenvalue weighted by molar-refractivity contribution is 7.07. The molecule has 0 saturated carbocycles. The maximum Gasteiger partial charge on any atom is 0.276 e. The first kappa shape index (κ1) is 16.8. The SMILES string of the molecule is O=C(c1cscn1)N1CCCC(CCc2noc(-c3ccccn3)n2)C1. The molecule has 1 atom stereocenters. The van der Waals surface area contributed by atoms with Gasteiger partial charge in [-0.2, -0.15) is 4.98 Å². The third-order valence-electron chi connectivity index (χ3n) is 4.59. The van der Waals surface area contributed by atoms with Gasteiger partial charge in [0.1, 0.15) is 11.4 Å². The van der Waals surface area contributed by atoms with Crippen molar-refractivity contribution in [1.82, 2.24) is 25.0 Å². The van der Waals surface area contributed by atoms with Crippen LogP contribution in [-0.4, -0.2) is 44.0 Å². The number of likely N-dealkylation sites (tertiary alicyclic amines) is 1. The summed E-state index contributed by atoms with van der Waals surface area (Å²) in [7, 11) is 0. The molecule has 8 heteroatoms. The molecule has 1 aliphatic rings. The Kier molecular flexibility index (Phi) is 5.01. The van der Waals surface area contributed by atoms with Gasteiger partial charge in [0.2, 0.25) is 0 Å². The molecule has 0 spiro atoms. The molecule has 0 bridgehead atoms. The van der Waals surface area contributed by atoms with Crippen LogP contribution in [0.4, 0.5) is 0 Å². The van der Waals surface area contributed by atoms with Crippen molar-refractivity contribution >= 4 is 17.2 Å². The van der Waals surface area contributed by atoms with Crippen LogP contribution in [0.3, 0.4) is 0 Å². The van der Waals surface area contributed by atoms with Gasteiger partial charge < -0.3 is 9.42 Å². The summed E-state index contributed by atoms with van der Waals surface area (Å²) in [4.78, 5) is 27.2. The van der Waals surface area contributed by atoms with Crippen molar-refractivity contribution in [2.75, 3.05) is 13.1 Å². The predicted octanol–water partition coefficient (Wildman–Crippen LogP) is 3.07. The summed E-state index contributed by atoms with van der Waals surface area (Å²) in [6.07, 6.45) is 5.51. The molecule has 4 heterocycles. The molecular weight excluding hydrogens is 350 g/mol. The van der Waals surface area contributed by atoms with Gasteiger partial charge in [-0.3, -0.25) is 9.78 Å². The molecule has 0 radical (unpaired) electrons. The minimum atomic E-state index is 0.0351. The van der Waals surface area contributed by atoms with E-state index in [9.17, 15) is 4.79 Å². The predicted molar refractivity (Wildman–Crippen MR) is 96.6 cm³/mol. The monoisotopic (exact) mass is 369 g/mol. The van der Waals surface area contributed by atoms with Gasteiger partial charge in [-0.15, -0.1) is 11.3 Å². The maximum atomic E-state index is 12.5. The Hall–Kier alpha value is -2.61. The lowest BCUT2D eigenvalue weighted by atomic mass is 9.93. The van der Waals surface area contributed by atoms with Crippen molar-refractivity contribution in [3.05, 3.63) is 46.8 Å². The quantitative estimate of drug-likeness (QED) is 0.687. The summed E-state index contributed by atoms with van der Waals surface area (Å²) >= 11 is 1.45. The van der Waals surface area contributed by atoms with E-state index in [0.717, 1.165) is 38.8 Å². The molecule has 0 aromatic carbocycles. The lowest BCUT2D eigenvalue weighted by Crippen LogP contribution is -2.40. The van der Waals surface area contributed by atoms with Crippen LogP contribution < -0.4 is 0 Å². The minimum absolute atomic E-state index is 0.0351. The molecule has 134 valence electrons. The molecule has 1 saturated heterocycles. The second kappa shape index (κ2) is 7.74. The molecule has 3 aromatic heterocycles. The van der Waals surface area contributed by atoms with Crippen LogP contribution in [0.5, 0.6) is 0 Å². The van der Waals surface area contributed by atoms with Crippen molar-refractivity contribution in [1.29, 1.82) is 0 Å². The number of hydrogen-bond donors (Lipinski definition) is 0. The number of pyridine rings is 1. The largest absolute Gasteiger partial charge is 0.337 e. The standard InChI is InChI=1S/C18H19N5O2S/c24-18(15-11-26-12-20-15)23-9-3-4-13(10-23)6-7-16-21-17(25-22-16)14-5-1-2-8-19-14/h1-2,5,8,11-13H,3-4,6-7,9-10H2. The number of thiazole rings is 1. The lowest BCUT2D eigenvalue weighted by Gasteiger charge is -2.32. The zero-order valence-corrected chi connectivity index (χ0v) is 15.1. The summed E-state index contributed by atoms with van der Waals surface area (Å²) in [5.74, 6) is 1.62. The number of aromatic nitrogens is 4. The van der Waals surface area contributed by atoms with E-state index >= 15 is 0 Å². The van der Waals surface area contributed by atoms with Crippen LogP contribution >= 0.6 is 11.3 Å². The Morgan fingerprint density at radius 3 is 3.12 bits per heavy atom. The lowest BCUT2D eigenvalue weighted by molar-refractivity contribution is 0.0663. The van der Waals surface area contributed by atoms with E-state index in [1.54, 1.807) is 11.7 Å². The molecule has 1 amide bonds. The Bertz CT molecular complexity index is 850. The Morgan fingerprint density at radius 2 is 2.31 bits per heavy atom. The summed E-state index contributed by atoms with van der Waals surface area (Å²) in [6, 6.07) is 5.59. The van der Waals surface area contributed by atoms with Crippen molar-refractivity contribution in [3.63, 3.8) is 0 Å². The number of aryl methyl sites for hydroxylation is 1. The molecule has 0 N–H and O–H groups in total. The van der Waals surface area contributed by atoms with Gasteiger partial charge in [-0.1, -0.05) is 11.2 Å². The summed E-state index contributed by atoms with van der Waals surface area (Å²) in [5.41, 5.74) is 2.93. The molecule has 3 aromatic rings. The zero-order chi connectivity index (χ0) is 17.8. The molecule has 4 rings (SSSR count). The van der Waals surface area contributed by atoms with E-state index in [-0.39, 0.29) is 5.91 Å². The third-order valence-corrected chi connectivity index (χ3v) is 5.17. The minimum Gasteiger partial charge on any atom is -0.337 e. The van der Waals surface area contributed by atoms with Gasteiger partial charge in [-0.25, -0.2) is 4.98 Å². The van der Waals surface area contributed by atoms with E-state index in [0.29, 0.717) is 29.0 Å². The van der Waals surface area contributed by atoms with Crippen LogP contribution in [-0.2, 0) is 6.42 Å². The fourth-order valence-electron chi connectivity index (χ4n) is 3.25. The van der Waals surface area contributed by atoms with Gasteiger partial charge in [0.05, 0.1) is 5.51 Å². The topological polar surface area (TPSA) is 85.0 Å². The van der Waals surface area contributed by atoms with Crippen LogP contribution in [0.1, 0.15) is 35.6 Å². The van der Waals surface area contributed by atoms with E-state index < -0.39 is 0 Å². The van der Waals surface area contributed by atoms with E-state index in [1.165, 1.54) is 11.3 Å². The number of hydrogen-bond acceptors (Lipinski definition) is 7. The molecule has 1 aliphatic heterocycles. The molecule has 0 aliphatic carbocycles. The van der Waals surface area contributed by atoms with Crippen LogP contribution in [0, 0.1) is 5.92 Å². The van der Waals surface area contributed by atoms with Crippen molar-refractivity contribution in [3.8, 4) is 11.6 Å². The molecule has 1 unspecified atom stereocenters. The van der Waals surface area contributed by atoms with Gasteiger partial charge in [-0.05, 0) is 37.3 Å². The summed E-state index contributed by atoms with van der Waals surface area (Å²) < 4.78 is 5.30. The Labute approximate surface area is 155 Å². The van der Waals surface area contributed by atoms with Crippen LogP contribution in [0.25, 0.3) is 11.6 Å². The second-order valence-corrected chi connectivity index (χ2v) is 7.12. The first-order valence-electron chi connectivity index (χ1n) is 8.71. The fourth-order valence-corrected chi connectivity index (χ4v) is 3.77. The summed E-state index contributed by atoms with van der Waals surface area (Å²) in [6.45, 7) is 1.57. The maximum absolute atomic E-state index is 12.5. The van der Waals surface area contributed by atoms with Crippen LogP contribution in [0.15, 0.2) is 39.8 Å². The first-order chi connectivity index (χ1) is 12.8. The third kappa shape index (κ3) is 3.80. The smallest absolute Gasteiger partial charge is 0.276 e. The average molecular weight is 369 g/mol. The fraction of sp³-hybridized carbons (Fsp3) is 0.389. The number of nitrogens with zero attached hydrogens (tertiary/aromatic N) is 5. The Morgan fingerprint density at radius 1 is 1.35 bits per heavy atom. The highest BCUT2D eigenvalue weighted by Crippen LogP contribution is 2.23. The van der Waals surface area contributed by atoms with Gasteiger partial charge in [0.25, 0.3) is 11.8 Å². The van der Waals surface area contributed by atoms with Gasteiger partial charge >= 0.3 is 0 Å². The molecule has 26 heavy (non-hydrogen) atoms. The normalized spacial score (nSPS) is 17.4. The molecule has 1 fully saturated rings. The van der Waals surface area contributed by atoms with Crippen molar-refractivity contribution < 1.29 is 9.32 Å². The number of amides is 1. The Balaban J connectivity index is 1.33. The highest BCUT2D eigenvalue weighted by atomic mass is 32.1. The highest BCUT2D eigenvalue weighted by Gasteiger charge is 2.25. The first-order valence-corrected chi connectivity index (χ1v) is 9.65. The van der Waals surface area contributed by atoms with Crippen LogP contribution in [0.2, 0.25) is 0 Å². The molecule has 7 nitrogen and oxygen atoms in total. The van der Waals surface area contributed by atoms with E-state index in [2.05, 4.69) is 20.1 Å². The average Bonchev–Trinajstić information content (AvgIpc) is 3.39. The van der Waals surface area contributed by atoms with Gasteiger partial charge in [0, 0.05) is 31.1 Å². The van der Waals surface area contributed by atoms with Gasteiger partial charge in [0.15, 0.2) is 5.82 Å². The number of carbonyl (C=O) groups excluding carboxylic acids is 1. The number of carbonyl (C=O) groups is 1.